The van der Waals surface area contributed by atoms with Gasteiger partial charge in [-0.1, -0.05) is 42.5 Å². The zero-order valence-electron chi connectivity index (χ0n) is 13.2. The van der Waals surface area contributed by atoms with Crippen LogP contribution in [-0.4, -0.2) is 36.6 Å². The summed E-state index contributed by atoms with van der Waals surface area (Å²) >= 11 is 5.88. The van der Waals surface area contributed by atoms with Crippen molar-refractivity contribution in [2.75, 3.05) is 25.6 Å². The summed E-state index contributed by atoms with van der Waals surface area (Å²) in [5.41, 5.74) is 1.30. The number of para-hydroxylation sites is 2. The molecule has 1 heterocycles. The van der Waals surface area contributed by atoms with Crippen molar-refractivity contribution in [1.29, 1.82) is 0 Å². The van der Waals surface area contributed by atoms with Crippen LogP contribution in [0.25, 0.3) is 0 Å². The molecule has 0 fully saturated rings. The zero-order chi connectivity index (χ0) is 15.9. The van der Waals surface area contributed by atoms with E-state index < -0.39 is 0 Å². The van der Waals surface area contributed by atoms with E-state index in [1.54, 1.807) is 0 Å². The summed E-state index contributed by atoms with van der Waals surface area (Å²) in [5, 5.41) is 0. The molecule has 23 heavy (non-hydrogen) atoms. The Bertz CT molecular complexity index is 605. The Morgan fingerprint density at radius 1 is 1.00 bits per heavy atom. The van der Waals surface area contributed by atoms with E-state index in [9.17, 15) is 0 Å². The first-order valence-corrected chi connectivity index (χ1v) is 8.59. The molecule has 1 aliphatic heterocycles. The van der Waals surface area contributed by atoms with Gasteiger partial charge >= 0.3 is 0 Å². The first-order chi connectivity index (χ1) is 11.3. The fraction of sp³-hybridized carbons (Fsp3) is 0.368. The molecule has 0 saturated carbocycles. The molecule has 4 heteroatoms. The summed E-state index contributed by atoms with van der Waals surface area (Å²) in [7, 11) is 0. The smallest absolute Gasteiger partial charge is 0.161 e. The molecule has 3 rings (SSSR count). The Hall–Kier alpha value is -1.71. The standard InChI is InChI=1S/C19H22ClNO2/c20-11-6-12-21(13-16-7-2-1-3-8-16)14-17-15-22-18-9-4-5-10-19(18)23-17/h1-5,7-10,17H,6,11-15H2. The molecule has 0 amide bonds. The van der Waals surface area contributed by atoms with Crippen molar-refractivity contribution in [3.05, 3.63) is 60.2 Å². The van der Waals surface area contributed by atoms with Gasteiger partial charge in [0.05, 0.1) is 0 Å². The lowest BCUT2D eigenvalue weighted by molar-refractivity contribution is 0.0565. The van der Waals surface area contributed by atoms with Gasteiger partial charge in [0.25, 0.3) is 0 Å². The highest BCUT2D eigenvalue weighted by atomic mass is 35.5. The molecule has 1 aliphatic rings. The van der Waals surface area contributed by atoms with Gasteiger partial charge in [-0.2, -0.15) is 0 Å². The fourth-order valence-electron chi connectivity index (χ4n) is 2.80. The summed E-state index contributed by atoms with van der Waals surface area (Å²) in [6, 6.07) is 18.3. The minimum Gasteiger partial charge on any atom is -0.486 e. The average molecular weight is 332 g/mol. The predicted molar refractivity (Wildman–Crippen MR) is 93.4 cm³/mol. The molecular formula is C19H22ClNO2. The molecule has 1 atom stereocenters. The lowest BCUT2D eigenvalue weighted by Crippen LogP contribution is -2.41. The van der Waals surface area contributed by atoms with Crippen LogP contribution in [0.15, 0.2) is 54.6 Å². The minimum absolute atomic E-state index is 0.0453. The molecule has 0 N–H and O–H groups in total. The average Bonchev–Trinajstić information content (AvgIpc) is 2.60. The highest BCUT2D eigenvalue weighted by molar-refractivity contribution is 6.17. The van der Waals surface area contributed by atoms with E-state index in [2.05, 4.69) is 29.2 Å². The van der Waals surface area contributed by atoms with E-state index in [1.165, 1.54) is 5.56 Å². The third-order valence-electron chi connectivity index (χ3n) is 3.89. The largest absolute Gasteiger partial charge is 0.486 e. The lowest BCUT2D eigenvalue weighted by Gasteiger charge is -2.31. The predicted octanol–water partition coefficient (Wildman–Crippen LogP) is 3.96. The molecule has 2 aromatic rings. The van der Waals surface area contributed by atoms with Gasteiger partial charge in [0.15, 0.2) is 11.5 Å². The third kappa shape index (κ3) is 4.63. The van der Waals surface area contributed by atoms with Crippen LogP contribution in [0, 0.1) is 0 Å². The van der Waals surface area contributed by atoms with Crippen LogP contribution in [0.1, 0.15) is 12.0 Å². The van der Waals surface area contributed by atoms with E-state index >= 15 is 0 Å². The summed E-state index contributed by atoms with van der Waals surface area (Å²) in [4.78, 5) is 2.39. The van der Waals surface area contributed by atoms with Crippen molar-refractivity contribution in [2.45, 2.75) is 19.1 Å². The maximum absolute atomic E-state index is 6.08. The number of halogens is 1. The van der Waals surface area contributed by atoms with Crippen LogP contribution in [-0.2, 0) is 6.54 Å². The molecule has 0 spiro atoms. The number of alkyl halides is 1. The summed E-state index contributed by atoms with van der Waals surface area (Å²) < 4.78 is 11.9. The molecule has 0 aliphatic carbocycles. The van der Waals surface area contributed by atoms with Crippen LogP contribution in [0.4, 0.5) is 0 Å². The van der Waals surface area contributed by atoms with Crippen molar-refractivity contribution in [2.24, 2.45) is 0 Å². The van der Waals surface area contributed by atoms with Crippen LogP contribution in [0.5, 0.6) is 11.5 Å². The van der Waals surface area contributed by atoms with Crippen LogP contribution in [0.2, 0.25) is 0 Å². The Balaban J connectivity index is 1.62. The normalized spacial score (nSPS) is 16.5. The lowest BCUT2D eigenvalue weighted by atomic mass is 10.2. The monoisotopic (exact) mass is 331 g/mol. The topological polar surface area (TPSA) is 21.7 Å². The van der Waals surface area contributed by atoms with Gasteiger partial charge < -0.3 is 9.47 Å². The number of ether oxygens (including phenoxy) is 2. The molecule has 0 aromatic heterocycles. The van der Waals surface area contributed by atoms with Crippen molar-refractivity contribution in [1.82, 2.24) is 4.90 Å². The van der Waals surface area contributed by atoms with Gasteiger partial charge in [-0.25, -0.2) is 0 Å². The Kier molecular flexibility index (Phi) is 5.78. The van der Waals surface area contributed by atoms with E-state index in [0.29, 0.717) is 12.5 Å². The molecule has 0 radical (unpaired) electrons. The van der Waals surface area contributed by atoms with Crippen molar-refractivity contribution in [3.8, 4) is 11.5 Å². The second-order valence-electron chi connectivity index (χ2n) is 5.76. The maximum Gasteiger partial charge on any atom is 0.161 e. The quantitative estimate of drug-likeness (QED) is 0.717. The second-order valence-corrected chi connectivity index (χ2v) is 6.14. The highest BCUT2D eigenvalue weighted by Gasteiger charge is 2.23. The van der Waals surface area contributed by atoms with Crippen LogP contribution in [0.3, 0.4) is 0 Å². The Morgan fingerprint density at radius 3 is 2.52 bits per heavy atom. The molecule has 122 valence electrons. The van der Waals surface area contributed by atoms with Gasteiger partial charge in [0.2, 0.25) is 0 Å². The molecule has 0 saturated heterocycles. The minimum atomic E-state index is 0.0453. The SMILES string of the molecule is ClCCCN(Cc1ccccc1)CC1COc2ccccc2O1. The summed E-state index contributed by atoms with van der Waals surface area (Å²) in [6.07, 6.45) is 1.02. The number of rotatable bonds is 7. The summed E-state index contributed by atoms with van der Waals surface area (Å²) in [5.74, 6) is 2.34. The number of hydrogen-bond donors (Lipinski definition) is 0. The molecule has 2 aromatic carbocycles. The fourth-order valence-corrected chi connectivity index (χ4v) is 2.92. The first kappa shape index (κ1) is 16.2. The van der Waals surface area contributed by atoms with Gasteiger partial charge in [0.1, 0.15) is 12.7 Å². The molecule has 3 nitrogen and oxygen atoms in total. The van der Waals surface area contributed by atoms with Gasteiger partial charge in [-0.15, -0.1) is 11.6 Å². The van der Waals surface area contributed by atoms with Crippen molar-refractivity contribution >= 4 is 11.6 Å². The number of hydrogen-bond acceptors (Lipinski definition) is 3. The van der Waals surface area contributed by atoms with E-state index in [-0.39, 0.29) is 6.10 Å². The third-order valence-corrected chi connectivity index (χ3v) is 4.15. The van der Waals surface area contributed by atoms with Gasteiger partial charge in [-0.05, 0) is 30.7 Å². The van der Waals surface area contributed by atoms with Gasteiger partial charge in [0, 0.05) is 19.0 Å². The number of fused-ring (bicyclic) bond motifs is 1. The van der Waals surface area contributed by atoms with E-state index in [1.807, 2.05) is 30.3 Å². The van der Waals surface area contributed by atoms with Crippen molar-refractivity contribution in [3.63, 3.8) is 0 Å². The maximum atomic E-state index is 6.08. The summed E-state index contributed by atoms with van der Waals surface area (Å²) in [6.45, 7) is 3.28. The molecule has 0 bridgehead atoms. The highest BCUT2D eigenvalue weighted by Crippen LogP contribution is 2.31. The molecular weight excluding hydrogens is 310 g/mol. The number of benzene rings is 2. The van der Waals surface area contributed by atoms with Gasteiger partial charge in [-0.3, -0.25) is 4.90 Å². The second kappa shape index (κ2) is 8.23. The number of nitrogens with zero attached hydrogens (tertiary/aromatic N) is 1. The molecule has 1 unspecified atom stereocenters. The Morgan fingerprint density at radius 2 is 1.74 bits per heavy atom. The van der Waals surface area contributed by atoms with E-state index in [0.717, 1.165) is 37.6 Å². The van der Waals surface area contributed by atoms with Crippen molar-refractivity contribution < 1.29 is 9.47 Å². The Labute approximate surface area is 142 Å². The van der Waals surface area contributed by atoms with Crippen LogP contribution < -0.4 is 9.47 Å². The van der Waals surface area contributed by atoms with E-state index in [4.69, 9.17) is 21.1 Å². The first-order valence-electron chi connectivity index (χ1n) is 8.06. The van der Waals surface area contributed by atoms with Crippen LogP contribution >= 0.6 is 11.6 Å². The zero-order valence-corrected chi connectivity index (χ0v) is 13.9.